The normalized spacial score (nSPS) is 10.9. The van der Waals surface area contributed by atoms with E-state index in [9.17, 15) is 9.18 Å². The number of hydrogen-bond acceptors (Lipinski definition) is 6. The molecule has 2 heterocycles. The zero-order chi connectivity index (χ0) is 21.1. The molecule has 0 saturated carbocycles. The first-order chi connectivity index (χ1) is 14.5. The van der Waals surface area contributed by atoms with Crippen molar-refractivity contribution >= 4 is 23.4 Å². The maximum Gasteiger partial charge on any atom is 0.234 e. The molecule has 1 amide bonds. The summed E-state index contributed by atoms with van der Waals surface area (Å²) in [6, 6.07) is 10.4. The van der Waals surface area contributed by atoms with Crippen LogP contribution in [0.3, 0.4) is 0 Å². The number of aromatic nitrogens is 6. The molecule has 1 N–H and O–H groups in total. The zero-order valence-electron chi connectivity index (χ0n) is 16.3. The van der Waals surface area contributed by atoms with Gasteiger partial charge in [0.05, 0.1) is 22.8 Å². The smallest absolute Gasteiger partial charge is 0.234 e. The van der Waals surface area contributed by atoms with E-state index in [0.717, 1.165) is 11.3 Å². The maximum absolute atomic E-state index is 14.1. The van der Waals surface area contributed by atoms with Gasteiger partial charge in [-0.3, -0.25) is 9.36 Å². The highest BCUT2D eigenvalue weighted by Crippen LogP contribution is 2.24. The van der Waals surface area contributed by atoms with Crippen LogP contribution in [0.5, 0.6) is 0 Å². The van der Waals surface area contributed by atoms with E-state index in [1.54, 1.807) is 6.20 Å². The number of nitrogens with zero attached hydrogens (tertiary/aromatic N) is 6. The minimum atomic E-state index is -0.540. The highest BCUT2D eigenvalue weighted by molar-refractivity contribution is 7.99. The van der Waals surface area contributed by atoms with E-state index in [-0.39, 0.29) is 17.3 Å². The first-order valence-electron chi connectivity index (χ1n) is 9.08. The van der Waals surface area contributed by atoms with Crippen LogP contribution in [0.2, 0.25) is 0 Å². The third kappa shape index (κ3) is 4.23. The van der Waals surface area contributed by atoms with Gasteiger partial charge in [-0.1, -0.05) is 29.5 Å². The second kappa shape index (κ2) is 8.46. The summed E-state index contributed by atoms with van der Waals surface area (Å²) >= 11 is 1.28. The summed E-state index contributed by atoms with van der Waals surface area (Å²) in [6.07, 6.45) is 4.93. The van der Waals surface area contributed by atoms with E-state index < -0.39 is 5.82 Å². The van der Waals surface area contributed by atoms with Crippen LogP contribution in [-0.2, 0) is 4.79 Å². The van der Waals surface area contributed by atoms with E-state index in [4.69, 9.17) is 0 Å². The van der Waals surface area contributed by atoms with Crippen molar-refractivity contribution in [2.45, 2.75) is 19.0 Å². The van der Waals surface area contributed by atoms with Crippen molar-refractivity contribution in [1.29, 1.82) is 0 Å². The lowest BCUT2D eigenvalue weighted by molar-refractivity contribution is -0.113. The Morgan fingerprint density at radius 1 is 1.20 bits per heavy atom. The molecule has 0 spiro atoms. The molecule has 2 aromatic carbocycles. The van der Waals surface area contributed by atoms with Gasteiger partial charge >= 0.3 is 0 Å². The number of nitrogens with one attached hydrogen (secondary N) is 1. The van der Waals surface area contributed by atoms with E-state index in [1.807, 2.05) is 36.7 Å². The fourth-order valence-corrected chi connectivity index (χ4v) is 3.77. The van der Waals surface area contributed by atoms with Gasteiger partial charge in [-0.15, -0.1) is 5.10 Å². The quantitative estimate of drug-likeness (QED) is 0.479. The molecule has 0 atom stereocenters. The van der Waals surface area contributed by atoms with Gasteiger partial charge in [0.25, 0.3) is 0 Å². The molecule has 4 rings (SSSR count). The van der Waals surface area contributed by atoms with E-state index in [0.29, 0.717) is 10.8 Å². The van der Waals surface area contributed by atoms with Crippen LogP contribution in [-0.4, -0.2) is 41.4 Å². The molecule has 0 fully saturated rings. The number of hydrogen-bond donors (Lipinski definition) is 1. The summed E-state index contributed by atoms with van der Waals surface area (Å²) in [5.74, 6) is -0.805. The number of halogens is 1. The molecular formula is C20H18FN7OS. The number of carbonyl (C=O) groups is 1. The number of rotatable bonds is 6. The standard InChI is InChI=1S/C20H18FN7OS/c1-13-3-6-18(14(2)9-13)27-8-7-22-20(27)30-11-19(29)24-17-10-15(4-5-16(17)21)28-12-23-25-26-28/h3-10,12H,11H2,1-2H3,(H,24,29). The highest BCUT2D eigenvalue weighted by atomic mass is 32.2. The van der Waals surface area contributed by atoms with Crippen LogP contribution in [0.25, 0.3) is 11.4 Å². The molecule has 0 unspecified atom stereocenters. The fraction of sp³-hybridized carbons (Fsp3) is 0.150. The Morgan fingerprint density at radius 3 is 2.83 bits per heavy atom. The third-order valence-electron chi connectivity index (χ3n) is 4.39. The molecule has 0 aliphatic heterocycles. The molecule has 0 radical (unpaired) electrons. The van der Waals surface area contributed by atoms with Crippen LogP contribution < -0.4 is 5.32 Å². The Hall–Kier alpha value is -3.53. The second-order valence-electron chi connectivity index (χ2n) is 6.63. The van der Waals surface area contributed by atoms with Crippen molar-refractivity contribution in [2.24, 2.45) is 0 Å². The minimum absolute atomic E-state index is 0.0614. The van der Waals surface area contributed by atoms with Gasteiger partial charge in [0.2, 0.25) is 5.91 Å². The fourth-order valence-electron chi connectivity index (χ4n) is 3.00. The molecule has 0 aliphatic carbocycles. The van der Waals surface area contributed by atoms with Gasteiger partial charge in [0.15, 0.2) is 5.16 Å². The van der Waals surface area contributed by atoms with Crippen LogP contribution in [0.1, 0.15) is 11.1 Å². The van der Waals surface area contributed by atoms with E-state index >= 15 is 0 Å². The van der Waals surface area contributed by atoms with Crippen molar-refractivity contribution in [1.82, 2.24) is 29.8 Å². The van der Waals surface area contributed by atoms with Gasteiger partial charge in [-0.2, -0.15) is 0 Å². The van der Waals surface area contributed by atoms with Gasteiger partial charge < -0.3 is 5.32 Å². The van der Waals surface area contributed by atoms with Crippen molar-refractivity contribution in [3.63, 3.8) is 0 Å². The number of tetrazole rings is 1. The Balaban J connectivity index is 1.45. The summed E-state index contributed by atoms with van der Waals surface area (Å²) in [6.45, 7) is 4.07. The first-order valence-corrected chi connectivity index (χ1v) is 10.1. The van der Waals surface area contributed by atoms with Crippen LogP contribution >= 0.6 is 11.8 Å². The lowest BCUT2D eigenvalue weighted by Gasteiger charge is -2.11. The van der Waals surface area contributed by atoms with Crippen molar-refractivity contribution in [3.05, 3.63) is 72.1 Å². The number of benzene rings is 2. The highest BCUT2D eigenvalue weighted by Gasteiger charge is 2.13. The van der Waals surface area contributed by atoms with E-state index in [1.165, 1.54) is 46.5 Å². The summed E-state index contributed by atoms with van der Waals surface area (Å²) in [7, 11) is 0. The summed E-state index contributed by atoms with van der Waals surface area (Å²) in [5, 5.41) is 14.1. The Kier molecular flexibility index (Phi) is 5.57. The van der Waals surface area contributed by atoms with Gasteiger partial charge in [-0.05, 0) is 54.1 Å². The second-order valence-corrected chi connectivity index (χ2v) is 7.57. The minimum Gasteiger partial charge on any atom is -0.323 e. The maximum atomic E-state index is 14.1. The van der Waals surface area contributed by atoms with Crippen molar-refractivity contribution in [3.8, 4) is 11.4 Å². The molecule has 152 valence electrons. The average molecular weight is 423 g/mol. The van der Waals surface area contributed by atoms with Crippen molar-refractivity contribution in [2.75, 3.05) is 11.1 Å². The number of imidazole rings is 1. The molecule has 30 heavy (non-hydrogen) atoms. The van der Waals surface area contributed by atoms with Crippen LogP contribution in [0, 0.1) is 19.7 Å². The van der Waals surface area contributed by atoms with Gasteiger partial charge in [0, 0.05) is 12.4 Å². The number of amides is 1. The molecule has 0 saturated heterocycles. The predicted octanol–water partition coefficient (Wildman–Crippen LogP) is 3.33. The topological polar surface area (TPSA) is 90.5 Å². The van der Waals surface area contributed by atoms with Gasteiger partial charge in [0.1, 0.15) is 12.1 Å². The van der Waals surface area contributed by atoms with Crippen molar-refractivity contribution < 1.29 is 9.18 Å². The molecule has 8 nitrogen and oxygen atoms in total. The van der Waals surface area contributed by atoms with Gasteiger partial charge in [-0.25, -0.2) is 14.1 Å². The number of thioether (sulfide) groups is 1. The SMILES string of the molecule is Cc1ccc(-n2ccnc2SCC(=O)Nc2cc(-n3cnnn3)ccc2F)c(C)c1. The molecule has 0 bridgehead atoms. The summed E-state index contributed by atoms with van der Waals surface area (Å²) in [5.41, 5.74) is 3.89. The Labute approximate surface area is 176 Å². The largest absolute Gasteiger partial charge is 0.323 e. The van der Waals surface area contributed by atoms with Crippen LogP contribution in [0.15, 0.2) is 60.3 Å². The van der Waals surface area contributed by atoms with Crippen LogP contribution in [0.4, 0.5) is 10.1 Å². The first kappa shape index (κ1) is 19.8. The molecule has 4 aromatic rings. The molecule has 0 aliphatic rings. The summed E-state index contributed by atoms with van der Waals surface area (Å²) in [4.78, 5) is 16.8. The average Bonchev–Trinajstić information content (AvgIpc) is 3.40. The Bertz CT molecular complexity index is 1190. The molecular weight excluding hydrogens is 405 g/mol. The van der Waals surface area contributed by atoms with E-state index in [2.05, 4.69) is 31.9 Å². The number of aryl methyl sites for hydroxylation is 2. The third-order valence-corrected chi connectivity index (χ3v) is 5.36. The lowest BCUT2D eigenvalue weighted by atomic mass is 10.1. The number of carbonyl (C=O) groups excluding carboxylic acids is 1. The Morgan fingerprint density at radius 2 is 2.07 bits per heavy atom. The predicted molar refractivity (Wildman–Crippen MR) is 112 cm³/mol. The number of anilines is 1. The summed E-state index contributed by atoms with van der Waals surface area (Å²) < 4.78 is 17.5. The molecule has 2 aromatic heterocycles. The molecule has 10 heteroatoms. The monoisotopic (exact) mass is 423 g/mol. The lowest BCUT2D eigenvalue weighted by Crippen LogP contribution is -2.16. The zero-order valence-corrected chi connectivity index (χ0v) is 17.1.